The molecule has 2 amide bonds. The third-order valence-corrected chi connectivity index (χ3v) is 5.12. The van der Waals surface area contributed by atoms with Gasteiger partial charge in [0.2, 0.25) is 0 Å². The van der Waals surface area contributed by atoms with E-state index in [0.29, 0.717) is 34.4 Å². The molecule has 0 aliphatic carbocycles. The highest BCUT2D eigenvalue weighted by Crippen LogP contribution is 2.35. The molecule has 0 spiro atoms. The van der Waals surface area contributed by atoms with Crippen molar-refractivity contribution in [2.75, 3.05) is 24.4 Å². The lowest BCUT2D eigenvalue weighted by atomic mass is 10.2. The fourth-order valence-corrected chi connectivity index (χ4v) is 3.39. The van der Waals surface area contributed by atoms with Crippen LogP contribution in [0, 0.1) is 0 Å². The summed E-state index contributed by atoms with van der Waals surface area (Å²) in [5.74, 6) is 1.05. The fourth-order valence-electron chi connectivity index (χ4n) is 3.18. The summed E-state index contributed by atoms with van der Waals surface area (Å²) in [4.78, 5) is 26.8. The number of carbonyl (C=O) groups excluding carboxylic acids is 2. The van der Waals surface area contributed by atoms with Crippen molar-refractivity contribution in [3.05, 3.63) is 83.5 Å². The number of rotatable bonds is 7. The number of imide groups is 1. The Kier molecular flexibility index (Phi) is 6.00. The number of amides is 2. The molecule has 7 nitrogen and oxygen atoms in total. The fraction of sp³-hybridized carbons (Fsp3) is 0.0833. The smallest absolute Gasteiger partial charge is 0.283 e. The third-order valence-electron chi connectivity index (χ3n) is 4.77. The number of hydrogen-bond acceptors (Lipinski definition) is 6. The summed E-state index contributed by atoms with van der Waals surface area (Å²) in [6.45, 7) is 0. The quantitative estimate of drug-likeness (QED) is 0.514. The second-order valence-corrected chi connectivity index (χ2v) is 7.11. The lowest BCUT2D eigenvalue weighted by Crippen LogP contribution is -2.32. The first kappa shape index (κ1) is 21.3. The van der Waals surface area contributed by atoms with Crippen molar-refractivity contribution in [3.8, 4) is 23.0 Å². The van der Waals surface area contributed by atoms with Crippen molar-refractivity contribution in [3.63, 3.8) is 0 Å². The molecule has 32 heavy (non-hydrogen) atoms. The summed E-state index contributed by atoms with van der Waals surface area (Å²) >= 11 is 6.23. The second kappa shape index (κ2) is 9.03. The summed E-state index contributed by atoms with van der Waals surface area (Å²) in [7, 11) is 3.02. The summed E-state index contributed by atoms with van der Waals surface area (Å²) in [6.07, 6.45) is 0. The van der Waals surface area contributed by atoms with Crippen LogP contribution in [0.4, 0.5) is 11.4 Å². The Morgan fingerprint density at radius 2 is 1.44 bits per heavy atom. The average molecular weight is 451 g/mol. The zero-order valence-electron chi connectivity index (χ0n) is 17.3. The van der Waals surface area contributed by atoms with E-state index in [1.54, 1.807) is 42.5 Å². The summed E-state index contributed by atoms with van der Waals surface area (Å²) in [6, 6.07) is 20.9. The molecule has 1 N–H and O–H groups in total. The molecule has 1 aliphatic heterocycles. The topological polar surface area (TPSA) is 77.1 Å². The Morgan fingerprint density at radius 3 is 2.09 bits per heavy atom. The van der Waals surface area contributed by atoms with Crippen LogP contribution in [0.3, 0.4) is 0 Å². The highest BCUT2D eigenvalue weighted by molar-refractivity contribution is 6.53. The Balaban J connectivity index is 1.56. The highest BCUT2D eigenvalue weighted by atomic mass is 35.5. The van der Waals surface area contributed by atoms with Crippen molar-refractivity contribution >= 4 is 34.8 Å². The molecule has 0 aromatic heterocycles. The first-order chi connectivity index (χ1) is 15.5. The molecule has 0 radical (unpaired) electrons. The minimum atomic E-state index is -0.627. The number of nitrogens with one attached hydrogen (secondary N) is 1. The largest absolute Gasteiger partial charge is 0.497 e. The van der Waals surface area contributed by atoms with Gasteiger partial charge in [-0.05, 0) is 48.5 Å². The van der Waals surface area contributed by atoms with Crippen LogP contribution in [-0.2, 0) is 9.59 Å². The van der Waals surface area contributed by atoms with E-state index in [1.165, 1.54) is 14.2 Å². The lowest BCUT2D eigenvalue weighted by molar-refractivity contribution is -0.120. The Labute approximate surface area is 189 Å². The van der Waals surface area contributed by atoms with Crippen LogP contribution >= 0.6 is 11.6 Å². The van der Waals surface area contributed by atoms with E-state index in [2.05, 4.69) is 5.32 Å². The summed E-state index contributed by atoms with van der Waals surface area (Å²) in [5, 5.41) is 2.70. The number of hydrogen-bond donors (Lipinski definition) is 1. The molecule has 0 saturated carbocycles. The molecule has 4 rings (SSSR count). The van der Waals surface area contributed by atoms with Gasteiger partial charge in [-0.2, -0.15) is 0 Å². The van der Waals surface area contributed by atoms with E-state index in [4.69, 9.17) is 25.8 Å². The summed E-state index contributed by atoms with van der Waals surface area (Å²) in [5.41, 5.74) is 0.760. The minimum absolute atomic E-state index is 0.0483. The Morgan fingerprint density at radius 1 is 0.781 bits per heavy atom. The molecule has 3 aromatic carbocycles. The van der Waals surface area contributed by atoms with E-state index in [0.717, 1.165) is 4.90 Å². The number of halogens is 1. The number of benzene rings is 3. The van der Waals surface area contributed by atoms with Crippen LogP contribution in [-0.4, -0.2) is 26.0 Å². The molecule has 0 fully saturated rings. The van der Waals surface area contributed by atoms with Crippen molar-refractivity contribution in [2.24, 2.45) is 0 Å². The second-order valence-electron chi connectivity index (χ2n) is 6.73. The van der Waals surface area contributed by atoms with Gasteiger partial charge in [0.1, 0.15) is 33.7 Å². The Hall–Kier alpha value is -3.97. The molecule has 0 unspecified atom stereocenters. The van der Waals surface area contributed by atoms with E-state index in [1.807, 2.05) is 30.3 Å². The maximum atomic E-state index is 13.1. The number of carbonyl (C=O) groups is 2. The van der Waals surface area contributed by atoms with Crippen LogP contribution < -0.4 is 24.4 Å². The van der Waals surface area contributed by atoms with Gasteiger partial charge in [0.05, 0.1) is 25.6 Å². The normalized spacial score (nSPS) is 13.4. The molecule has 0 bridgehead atoms. The average Bonchev–Trinajstić information content (AvgIpc) is 3.03. The van der Waals surface area contributed by atoms with Crippen LogP contribution in [0.15, 0.2) is 83.5 Å². The van der Waals surface area contributed by atoms with E-state index in [-0.39, 0.29) is 10.7 Å². The molecule has 0 atom stereocenters. The molecule has 1 heterocycles. The summed E-state index contributed by atoms with van der Waals surface area (Å²) < 4.78 is 16.3. The highest BCUT2D eigenvalue weighted by Gasteiger charge is 2.39. The van der Waals surface area contributed by atoms with Crippen molar-refractivity contribution in [1.29, 1.82) is 0 Å². The maximum absolute atomic E-state index is 13.1. The monoisotopic (exact) mass is 450 g/mol. The number of para-hydroxylation sites is 1. The van der Waals surface area contributed by atoms with Crippen molar-refractivity contribution in [1.82, 2.24) is 0 Å². The molecule has 1 aliphatic rings. The third kappa shape index (κ3) is 4.10. The van der Waals surface area contributed by atoms with Crippen LogP contribution in [0.25, 0.3) is 0 Å². The van der Waals surface area contributed by atoms with Gasteiger partial charge in [-0.15, -0.1) is 0 Å². The molecule has 162 valence electrons. The van der Waals surface area contributed by atoms with Crippen molar-refractivity contribution in [2.45, 2.75) is 0 Å². The van der Waals surface area contributed by atoms with Crippen LogP contribution in [0.1, 0.15) is 0 Å². The number of nitrogens with zero attached hydrogens (tertiary/aromatic N) is 1. The maximum Gasteiger partial charge on any atom is 0.283 e. The lowest BCUT2D eigenvalue weighted by Gasteiger charge is -2.16. The standard InChI is InChI=1S/C24H19ClN2O5/c1-30-18-12-13-20(31-2)19(14-18)26-22-21(25)23(28)27(24(22)29)15-8-10-17(11-9-15)32-16-6-4-3-5-7-16/h3-14,26H,1-2H3. The number of anilines is 2. The zero-order valence-corrected chi connectivity index (χ0v) is 18.1. The van der Waals surface area contributed by atoms with Gasteiger partial charge < -0.3 is 19.5 Å². The number of ether oxygens (including phenoxy) is 3. The van der Waals surface area contributed by atoms with E-state index in [9.17, 15) is 9.59 Å². The van der Waals surface area contributed by atoms with Gasteiger partial charge >= 0.3 is 0 Å². The number of methoxy groups -OCH3 is 2. The van der Waals surface area contributed by atoms with Gasteiger partial charge in [0.15, 0.2) is 0 Å². The van der Waals surface area contributed by atoms with Crippen LogP contribution in [0.2, 0.25) is 0 Å². The predicted molar refractivity (Wildman–Crippen MR) is 121 cm³/mol. The predicted octanol–water partition coefficient (Wildman–Crippen LogP) is 4.93. The minimum Gasteiger partial charge on any atom is -0.497 e. The van der Waals surface area contributed by atoms with E-state index < -0.39 is 11.8 Å². The van der Waals surface area contributed by atoms with Crippen LogP contribution in [0.5, 0.6) is 23.0 Å². The van der Waals surface area contributed by atoms with Crippen molar-refractivity contribution < 1.29 is 23.8 Å². The molecular weight excluding hydrogens is 432 g/mol. The zero-order chi connectivity index (χ0) is 22.7. The first-order valence-electron chi connectivity index (χ1n) is 9.62. The molecule has 0 saturated heterocycles. The molecular formula is C24H19ClN2O5. The van der Waals surface area contributed by atoms with Gasteiger partial charge in [0.25, 0.3) is 11.8 Å². The first-order valence-corrected chi connectivity index (χ1v) is 10.00. The van der Waals surface area contributed by atoms with E-state index >= 15 is 0 Å². The van der Waals surface area contributed by atoms with Gasteiger partial charge in [-0.3, -0.25) is 9.59 Å². The molecule has 3 aromatic rings. The van der Waals surface area contributed by atoms with Gasteiger partial charge in [-0.25, -0.2) is 4.90 Å². The Bertz CT molecular complexity index is 1190. The SMILES string of the molecule is COc1ccc(OC)c(NC2=C(Cl)C(=O)N(c3ccc(Oc4ccccc4)cc3)C2=O)c1. The molecule has 8 heteroatoms. The van der Waals surface area contributed by atoms with Gasteiger partial charge in [0, 0.05) is 6.07 Å². The van der Waals surface area contributed by atoms with Gasteiger partial charge in [-0.1, -0.05) is 29.8 Å².